The lowest BCUT2D eigenvalue weighted by Gasteiger charge is -2.28. The zero-order valence-corrected chi connectivity index (χ0v) is 27.4. The molecular weight excluding hydrogens is 496 g/mol. The van der Waals surface area contributed by atoms with E-state index in [1.165, 1.54) is 103 Å². The van der Waals surface area contributed by atoms with Crippen molar-refractivity contribution >= 4 is 11.9 Å². The summed E-state index contributed by atoms with van der Waals surface area (Å²) in [5.41, 5.74) is 0. The van der Waals surface area contributed by atoms with E-state index in [0.29, 0.717) is 24.7 Å². The maximum Gasteiger partial charge on any atom is 0.307 e. The molecular formula is C36H70O4. The van der Waals surface area contributed by atoms with Crippen LogP contribution in [0.1, 0.15) is 195 Å². The molecule has 4 heteroatoms. The molecule has 0 amide bonds. The van der Waals surface area contributed by atoms with E-state index in [2.05, 4.69) is 27.7 Å². The minimum atomic E-state index is -0.891. The molecule has 0 aromatic rings. The van der Waals surface area contributed by atoms with Gasteiger partial charge in [0.2, 0.25) is 0 Å². The van der Waals surface area contributed by atoms with Crippen molar-refractivity contribution in [2.24, 2.45) is 23.7 Å². The lowest BCUT2D eigenvalue weighted by Crippen LogP contribution is -2.33. The minimum Gasteiger partial charge on any atom is -0.481 e. The van der Waals surface area contributed by atoms with E-state index in [1.807, 2.05) is 0 Å². The number of carboxylic acid groups (broad SMARTS) is 2. The summed E-state index contributed by atoms with van der Waals surface area (Å²) >= 11 is 0. The van der Waals surface area contributed by atoms with Crippen LogP contribution in [0, 0.1) is 23.7 Å². The third kappa shape index (κ3) is 21.7. The Morgan fingerprint density at radius 2 is 0.625 bits per heavy atom. The molecule has 0 aromatic heterocycles. The highest BCUT2D eigenvalue weighted by Crippen LogP contribution is 2.35. The monoisotopic (exact) mass is 567 g/mol. The summed E-state index contributed by atoms with van der Waals surface area (Å²) in [6.07, 6.45) is 29.6. The number of rotatable bonds is 31. The van der Waals surface area contributed by atoms with E-state index in [1.54, 1.807) is 0 Å². The van der Waals surface area contributed by atoms with Gasteiger partial charge in [-0.15, -0.1) is 0 Å². The average molecular weight is 567 g/mol. The molecule has 238 valence electrons. The normalized spacial score (nSPS) is 14.6. The SMILES string of the molecule is CCCCCCCCC(CCCCCC)CC(C(=O)O)C(CC(CCCCCC)CCCCCCCC)C(=O)O. The second-order valence-electron chi connectivity index (χ2n) is 12.9. The Bertz CT molecular complexity index is 525. The van der Waals surface area contributed by atoms with Gasteiger partial charge >= 0.3 is 11.9 Å². The van der Waals surface area contributed by atoms with Gasteiger partial charge in [-0.3, -0.25) is 9.59 Å². The fraction of sp³-hybridized carbons (Fsp3) is 0.944. The van der Waals surface area contributed by atoms with Gasteiger partial charge in [-0.25, -0.2) is 0 Å². The number of carbonyl (C=O) groups is 2. The standard InChI is InChI=1S/C36H70O4/c1-5-9-13-17-19-23-27-31(25-21-15-11-7-3)29-33(35(37)38)34(36(39)40)30-32(26-22-16-12-8-4)28-24-20-18-14-10-6-2/h31-34H,5-30H2,1-4H3,(H,37,38)(H,39,40). The van der Waals surface area contributed by atoms with Gasteiger partial charge in [-0.05, 0) is 24.7 Å². The molecule has 40 heavy (non-hydrogen) atoms. The molecule has 0 rings (SSSR count). The molecule has 4 unspecified atom stereocenters. The van der Waals surface area contributed by atoms with Crippen LogP contribution in [-0.2, 0) is 9.59 Å². The summed E-state index contributed by atoms with van der Waals surface area (Å²) < 4.78 is 0. The summed E-state index contributed by atoms with van der Waals surface area (Å²) in [7, 11) is 0. The van der Waals surface area contributed by atoms with Crippen LogP contribution >= 0.6 is 0 Å². The van der Waals surface area contributed by atoms with Gasteiger partial charge in [0, 0.05) is 0 Å². The van der Waals surface area contributed by atoms with E-state index in [4.69, 9.17) is 0 Å². The predicted octanol–water partition coefficient (Wildman–Crippen LogP) is 11.8. The molecule has 0 fully saturated rings. The van der Waals surface area contributed by atoms with Crippen molar-refractivity contribution < 1.29 is 19.8 Å². The topological polar surface area (TPSA) is 74.6 Å². The zero-order valence-electron chi connectivity index (χ0n) is 27.4. The number of unbranched alkanes of at least 4 members (excludes halogenated alkanes) is 16. The van der Waals surface area contributed by atoms with Crippen LogP contribution in [-0.4, -0.2) is 22.2 Å². The fourth-order valence-corrected chi connectivity index (χ4v) is 6.50. The highest BCUT2D eigenvalue weighted by Gasteiger charge is 2.36. The first-order valence-electron chi connectivity index (χ1n) is 17.9. The zero-order chi connectivity index (χ0) is 29.8. The lowest BCUT2D eigenvalue weighted by atomic mass is 9.75. The Morgan fingerprint density at radius 3 is 0.875 bits per heavy atom. The van der Waals surface area contributed by atoms with E-state index < -0.39 is 23.8 Å². The smallest absolute Gasteiger partial charge is 0.307 e. The molecule has 0 aliphatic carbocycles. The summed E-state index contributed by atoms with van der Waals surface area (Å²) in [6, 6.07) is 0. The molecule has 0 bridgehead atoms. The number of hydrogen-bond donors (Lipinski definition) is 2. The van der Waals surface area contributed by atoms with E-state index in [-0.39, 0.29) is 0 Å². The second-order valence-corrected chi connectivity index (χ2v) is 12.9. The quantitative estimate of drug-likeness (QED) is 0.0818. The number of hydrogen-bond acceptors (Lipinski definition) is 2. The number of aliphatic carboxylic acids is 2. The highest BCUT2D eigenvalue weighted by atomic mass is 16.4. The van der Waals surface area contributed by atoms with Crippen molar-refractivity contribution in [3.8, 4) is 0 Å². The summed E-state index contributed by atoms with van der Waals surface area (Å²) in [4.78, 5) is 25.2. The van der Waals surface area contributed by atoms with Crippen LogP contribution in [0.15, 0.2) is 0 Å². The van der Waals surface area contributed by atoms with Crippen LogP contribution in [0.5, 0.6) is 0 Å². The highest BCUT2D eigenvalue weighted by molar-refractivity contribution is 5.80. The Balaban J connectivity index is 5.37. The molecule has 4 atom stereocenters. The first-order valence-corrected chi connectivity index (χ1v) is 17.9. The van der Waals surface area contributed by atoms with Crippen LogP contribution in [0.4, 0.5) is 0 Å². The maximum absolute atomic E-state index is 12.6. The van der Waals surface area contributed by atoms with Crippen LogP contribution in [0.25, 0.3) is 0 Å². The third-order valence-corrected chi connectivity index (χ3v) is 9.16. The van der Waals surface area contributed by atoms with Gasteiger partial charge in [-0.1, -0.05) is 182 Å². The van der Waals surface area contributed by atoms with Crippen LogP contribution < -0.4 is 0 Å². The van der Waals surface area contributed by atoms with Crippen molar-refractivity contribution in [1.29, 1.82) is 0 Å². The molecule has 0 radical (unpaired) electrons. The molecule has 2 N–H and O–H groups in total. The first-order chi connectivity index (χ1) is 19.4. The Kier molecular flexibility index (Phi) is 27.3. The van der Waals surface area contributed by atoms with Gasteiger partial charge < -0.3 is 10.2 Å². The van der Waals surface area contributed by atoms with Crippen molar-refractivity contribution in [2.45, 2.75) is 195 Å². The van der Waals surface area contributed by atoms with Gasteiger partial charge in [-0.2, -0.15) is 0 Å². The number of carboxylic acids is 2. The van der Waals surface area contributed by atoms with Crippen LogP contribution in [0.2, 0.25) is 0 Å². The predicted molar refractivity (Wildman–Crippen MR) is 172 cm³/mol. The largest absolute Gasteiger partial charge is 0.481 e. The third-order valence-electron chi connectivity index (χ3n) is 9.16. The molecule has 0 aliphatic heterocycles. The molecule has 0 aliphatic rings. The van der Waals surface area contributed by atoms with Crippen molar-refractivity contribution in [3.05, 3.63) is 0 Å². The Hall–Kier alpha value is -1.06. The van der Waals surface area contributed by atoms with E-state index >= 15 is 0 Å². The van der Waals surface area contributed by atoms with Crippen LogP contribution in [0.3, 0.4) is 0 Å². The second kappa shape index (κ2) is 28.1. The fourth-order valence-electron chi connectivity index (χ4n) is 6.50. The maximum atomic E-state index is 12.6. The molecule has 4 nitrogen and oxygen atoms in total. The van der Waals surface area contributed by atoms with Crippen molar-refractivity contribution in [3.63, 3.8) is 0 Å². The Labute approximate surface area is 249 Å². The van der Waals surface area contributed by atoms with E-state index in [9.17, 15) is 19.8 Å². The van der Waals surface area contributed by atoms with Gasteiger partial charge in [0.05, 0.1) is 11.8 Å². The molecule has 0 saturated carbocycles. The minimum absolute atomic E-state index is 0.326. The van der Waals surface area contributed by atoms with Gasteiger partial charge in [0.25, 0.3) is 0 Å². The average Bonchev–Trinajstić information content (AvgIpc) is 2.93. The first kappa shape index (κ1) is 38.9. The van der Waals surface area contributed by atoms with E-state index in [0.717, 1.165) is 51.4 Å². The molecule has 0 spiro atoms. The summed E-state index contributed by atoms with van der Waals surface area (Å²) in [6.45, 7) is 8.91. The summed E-state index contributed by atoms with van der Waals surface area (Å²) in [5, 5.41) is 20.6. The van der Waals surface area contributed by atoms with Gasteiger partial charge in [0.15, 0.2) is 0 Å². The molecule has 0 saturated heterocycles. The van der Waals surface area contributed by atoms with Crippen molar-refractivity contribution in [1.82, 2.24) is 0 Å². The molecule has 0 heterocycles. The van der Waals surface area contributed by atoms with Gasteiger partial charge in [0.1, 0.15) is 0 Å². The lowest BCUT2D eigenvalue weighted by molar-refractivity contribution is -0.155. The molecule has 0 aromatic carbocycles. The van der Waals surface area contributed by atoms with Crippen molar-refractivity contribution in [2.75, 3.05) is 0 Å². The Morgan fingerprint density at radius 1 is 0.400 bits per heavy atom. The summed E-state index contributed by atoms with van der Waals surface area (Å²) in [5.74, 6) is -2.66.